The van der Waals surface area contributed by atoms with E-state index in [4.69, 9.17) is 17.0 Å². The van der Waals surface area contributed by atoms with Gasteiger partial charge in [0.2, 0.25) is 0 Å². The number of hydrogen-bond acceptors (Lipinski definition) is 7. The van der Waals surface area contributed by atoms with Crippen LogP contribution >= 0.6 is 24.0 Å². The summed E-state index contributed by atoms with van der Waals surface area (Å²) < 4.78 is 20.6. The number of thiocarbonyl (C=S) groups is 1. The Morgan fingerprint density at radius 3 is 2.40 bits per heavy atom. The van der Waals surface area contributed by atoms with Gasteiger partial charge in [-0.15, -0.1) is 0 Å². The van der Waals surface area contributed by atoms with Crippen molar-refractivity contribution in [1.82, 2.24) is 9.47 Å². The maximum atomic E-state index is 13.4. The van der Waals surface area contributed by atoms with Gasteiger partial charge in [-0.25, -0.2) is 4.39 Å². The lowest BCUT2D eigenvalue weighted by Crippen LogP contribution is -2.30. The molecule has 1 saturated heterocycles. The number of amides is 1. The van der Waals surface area contributed by atoms with Crippen molar-refractivity contribution >= 4 is 46.1 Å². The third-order valence-corrected chi connectivity index (χ3v) is 8.01. The van der Waals surface area contributed by atoms with Gasteiger partial charge in [0, 0.05) is 25.2 Å². The van der Waals surface area contributed by atoms with Gasteiger partial charge in [-0.3, -0.25) is 19.1 Å². The molecule has 40 heavy (non-hydrogen) atoms. The van der Waals surface area contributed by atoms with Gasteiger partial charge in [0.1, 0.15) is 33.3 Å². The molecule has 0 bridgehead atoms. The Morgan fingerprint density at radius 1 is 1.10 bits per heavy atom. The molecule has 1 amide bonds. The van der Waals surface area contributed by atoms with E-state index in [-0.39, 0.29) is 17.3 Å². The molecule has 0 radical (unpaired) electrons. The Morgan fingerprint density at radius 2 is 1.77 bits per heavy atom. The molecule has 0 spiro atoms. The van der Waals surface area contributed by atoms with Crippen LogP contribution in [0.3, 0.4) is 0 Å². The van der Waals surface area contributed by atoms with Crippen molar-refractivity contribution < 1.29 is 13.9 Å². The highest BCUT2D eigenvalue weighted by Gasteiger charge is 2.32. The topological polar surface area (TPSA) is 87.4 Å². The lowest BCUT2D eigenvalue weighted by atomic mass is 10.0. The monoisotopic (exact) mass is 576 g/mol. The molecule has 3 aromatic rings. The molecule has 4 rings (SSSR count). The smallest absolute Gasteiger partial charge is 0.270 e. The Labute approximate surface area is 242 Å². The molecule has 7 nitrogen and oxygen atoms in total. The number of anilines is 1. The maximum absolute atomic E-state index is 13.4. The normalized spacial score (nSPS) is 14.1. The van der Waals surface area contributed by atoms with Crippen LogP contribution < -0.4 is 15.6 Å². The Hall–Kier alpha value is -3.94. The van der Waals surface area contributed by atoms with Gasteiger partial charge in [0.05, 0.1) is 12.0 Å². The van der Waals surface area contributed by atoms with Crippen molar-refractivity contribution in [2.75, 3.05) is 19.0 Å². The van der Waals surface area contributed by atoms with Crippen molar-refractivity contribution in [3.8, 4) is 11.8 Å². The van der Waals surface area contributed by atoms with E-state index in [0.717, 1.165) is 16.9 Å². The zero-order chi connectivity index (χ0) is 28.8. The number of ether oxygens (including phenoxy) is 1. The zero-order valence-corrected chi connectivity index (χ0v) is 24.1. The lowest BCUT2D eigenvalue weighted by molar-refractivity contribution is -0.122. The first-order chi connectivity index (χ1) is 19.3. The van der Waals surface area contributed by atoms with Crippen molar-refractivity contribution in [3.05, 3.63) is 97.4 Å². The van der Waals surface area contributed by atoms with Crippen molar-refractivity contribution in [1.29, 1.82) is 5.26 Å². The first-order valence-corrected chi connectivity index (χ1v) is 14.0. The molecule has 10 heteroatoms. The number of aromatic nitrogens is 1. The highest BCUT2D eigenvalue weighted by atomic mass is 32.2. The fraction of sp³-hybridized carbons (Fsp3) is 0.267. The Balaban J connectivity index is 1.68. The zero-order valence-electron chi connectivity index (χ0n) is 22.5. The number of pyridine rings is 1. The second kappa shape index (κ2) is 12.9. The van der Waals surface area contributed by atoms with E-state index < -0.39 is 5.56 Å². The van der Waals surface area contributed by atoms with Crippen LogP contribution in [0.1, 0.15) is 41.2 Å². The SMILES string of the molecule is CCCn1c(NCc2ccc(F)cc2)c(/C=C2/SC(=S)N(CCc3ccc(OC)cc3)C2=O)c(C)c(C#N)c1=O. The minimum atomic E-state index is -0.396. The predicted octanol–water partition coefficient (Wildman–Crippen LogP) is 5.64. The fourth-order valence-electron chi connectivity index (χ4n) is 4.44. The summed E-state index contributed by atoms with van der Waals surface area (Å²) >= 11 is 6.74. The van der Waals surface area contributed by atoms with Crippen LogP contribution in [0.4, 0.5) is 10.2 Å². The quantitative estimate of drug-likeness (QED) is 0.247. The van der Waals surface area contributed by atoms with Gasteiger partial charge in [-0.1, -0.05) is 55.2 Å². The van der Waals surface area contributed by atoms with Gasteiger partial charge in [0.25, 0.3) is 11.5 Å². The molecule has 1 aliphatic rings. The highest BCUT2D eigenvalue weighted by Crippen LogP contribution is 2.35. The van der Waals surface area contributed by atoms with E-state index >= 15 is 0 Å². The number of halogens is 1. The number of nitrogens with one attached hydrogen (secondary N) is 1. The number of benzene rings is 2. The number of thioether (sulfide) groups is 1. The minimum absolute atomic E-state index is 0.0296. The molecule has 2 aromatic carbocycles. The first-order valence-electron chi connectivity index (χ1n) is 12.8. The van der Waals surface area contributed by atoms with E-state index in [0.29, 0.717) is 58.6 Å². The first kappa shape index (κ1) is 29.1. The van der Waals surface area contributed by atoms with Gasteiger partial charge < -0.3 is 10.1 Å². The maximum Gasteiger partial charge on any atom is 0.270 e. The largest absolute Gasteiger partial charge is 0.497 e. The third kappa shape index (κ3) is 6.27. The van der Waals surface area contributed by atoms with Crippen LogP contribution in [0, 0.1) is 24.1 Å². The molecular weight excluding hydrogens is 547 g/mol. The second-order valence-corrected chi connectivity index (χ2v) is 10.9. The van der Waals surface area contributed by atoms with Crippen molar-refractivity contribution in [2.45, 2.75) is 39.8 Å². The van der Waals surface area contributed by atoms with E-state index in [9.17, 15) is 19.2 Å². The highest BCUT2D eigenvalue weighted by molar-refractivity contribution is 8.26. The average molecular weight is 577 g/mol. The summed E-state index contributed by atoms with van der Waals surface area (Å²) in [7, 11) is 1.61. The van der Waals surface area contributed by atoms with Crippen LogP contribution in [0.2, 0.25) is 0 Å². The van der Waals surface area contributed by atoms with Crippen molar-refractivity contribution in [2.24, 2.45) is 0 Å². The second-order valence-electron chi connectivity index (χ2n) is 9.24. The number of carbonyl (C=O) groups is 1. The number of methoxy groups -OCH3 is 1. The minimum Gasteiger partial charge on any atom is -0.497 e. The molecule has 0 unspecified atom stereocenters. The molecule has 2 heterocycles. The standard InChI is InChI=1S/C30H29FN4O3S2/c1-4-14-34-27(33-18-21-5-9-22(31)10-6-21)24(19(2)25(17-32)28(34)36)16-26-29(37)35(30(39)40-26)15-13-20-7-11-23(38-3)12-8-20/h5-12,16,33H,4,13-15,18H2,1-3H3/b26-16+. The lowest BCUT2D eigenvalue weighted by Gasteiger charge is -2.20. The summed E-state index contributed by atoms with van der Waals surface area (Å²) in [5.74, 6) is 0.698. The van der Waals surface area contributed by atoms with Gasteiger partial charge in [0.15, 0.2) is 0 Å². The third-order valence-electron chi connectivity index (χ3n) is 6.63. The summed E-state index contributed by atoms with van der Waals surface area (Å²) in [4.78, 5) is 28.7. The van der Waals surface area contributed by atoms with Crippen LogP contribution in [0.5, 0.6) is 5.75 Å². The molecule has 0 aliphatic carbocycles. The summed E-state index contributed by atoms with van der Waals surface area (Å²) in [6, 6.07) is 15.8. The van der Waals surface area contributed by atoms with E-state index in [1.807, 2.05) is 37.3 Å². The molecule has 1 fully saturated rings. The van der Waals surface area contributed by atoms with Crippen molar-refractivity contribution in [3.63, 3.8) is 0 Å². The van der Waals surface area contributed by atoms with Crippen LogP contribution in [0.15, 0.2) is 58.2 Å². The Kier molecular flexibility index (Phi) is 9.40. The molecule has 0 saturated carbocycles. The van der Waals surface area contributed by atoms with Crippen LogP contribution in [-0.4, -0.2) is 33.3 Å². The number of carbonyl (C=O) groups excluding carboxylic acids is 1. The molecular formula is C30H29FN4O3S2. The van der Waals surface area contributed by atoms with Gasteiger partial charge in [-0.2, -0.15) is 5.26 Å². The predicted molar refractivity (Wildman–Crippen MR) is 161 cm³/mol. The Bertz CT molecular complexity index is 1560. The van der Waals surface area contributed by atoms with Gasteiger partial charge in [-0.05, 0) is 66.8 Å². The van der Waals surface area contributed by atoms with Crippen LogP contribution in [-0.2, 0) is 24.3 Å². The van der Waals surface area contributed by atoms with Crippen LogP contribution in [0.25, 0.3) is 6.08 Å². The molecule has 0 atom stereocenters. The van der Waals surface area contributed by atoms with E-state index in [2.05, 4.69) is 5.32 Å². The van der Waals surface area contributed by atoms with E-state index in [1.54, 1.807) is 37.1 Å². The van der Waals surface area contributed by atoms with Gasteiger partial charge >= 0.3 is 0 Å². The number of nitrogens with zero attached hydrogens (tertiary/aromatic N) is 3. The summed E-state index contributed by atoms with van der Waals surface area (Å²) in [5.41, 5.74) is 2.55. The number of hydrogen-bond donors (Lipinski definition) is 1. The molecule has 206 valence electrons. The van der Waals surface area contributed by atoms with E-state index in [1.165, 1.54) is 28.5 Å². The summed E-state index contributed by atoms with van der Waals surface area (Å²) in [5, 5.41) is 13.1. The fourth-order valence-corrected chi connectivity index (χ4v) is 5.73. The summed E-state index contributed by atoms with van der Waals surface area (Å²) in [6.45, 7) is 4.76. The average Bonchev–Trinajstić information content (AvgIpc) is 3.22. The molecule has 1 N–H and O–H groups in total. The molecule has 1 aromatic heterocycles. The number of nitriles is 1. The number of rotatable bonds is 10. The summed E-state index contributed by atoms with van der Waals surface area (Å²) in [6.07, 6.45) is 2.99. The molecule has 1 aliphatic heterocycles.